The largest absolute Gasteiger partial charge is 0.353 e. The molecule has 0 aliphatic carbocycles. The van der Waals surface area contributed by atoms with E-state index in [9.17, 15) is 0 Å². The second-order valence-corrected chi connectivity index (χ2v) is 4.79. The van der Waals surface area contributed by atoms with Crippen LogP contribution in [0.1, 0.15) is 38.8 Å². The van der Waals surface area contributed by atoms with Crippen LogP contribution in [0.25, 0.3) is 0 Å². The highest BCUT2D eigenvalue weighted by atomic mass is 35.5. The first-order chi connectivity index (χ1) is 9.17. The molecule has 3 nitrogen and oxygen atoms in total. The molecule has 0 saturated heterocycles. The lowest BCUT2D eigenvalue weighted by Crippen LogP contribution is -2.26. The van der Waals surface area contributed by atoms with Crippen LogP contribution in [0, 0.1) is 0 Å². The van der Waals surface area contributed by atoms with E-state index in [0.29, 0.717) is 19.3 Å². The van der Waals surface area contributed by atoms with Gasteiger partial charge in [-0.25, -0.2) is 0 Å². The molecule has 0 aliphatic rings. The Morgan fingerprint density at radius 1 is 1.11 bits per heavy atom. The molecule has 0 bridgehead atoms. The molecule has 0 fully saturated rings. The molecule has 0 unspecified atom stereocenters. The minimum Gasteiger partial charge on any atom is -0.353 e. The van der Waals surface area contributed by atoms with Crippen molar-refractivity contribution in [1.29, 1.82) is 0 Å². The average molecular weight is 286 g/mol. The number of halogens is 1. The molecule has 0 spiro atoms. The van der Waals surface area contributed by atoms with E-state index >= 15 is 0 Å². The third kappa shape index (κ3) is 6.39. The van der Waals surface area contributed by atoms with Crippen molar-refractivity contribution in [1.82, 2.24) is 5.32 Å². The molecule has 0 heterocycles. The Balaban J connectivity index is 2.32. The van der Waals surface area contributed by atoms with Crippen LogP contribution in [0.15, 0.2) is 24.3 Å². The molecule has 0 saturated carbocycles. The van der Waals surface area contributed by atoms with Crippen LogP contribution >= 0.6 is 11.6 Å². The second kappa shape index (κ2) is 9.32. The van der Waals surface area contributed by atoms with Crippen molar-refractivity contribution in [2.24, 2.45) is 0 Å². The molecule has 1 aromatic carbocycles. The Hall–Kier alpha value is -0.610. The van der Waals surface area contributed by atoms with E-state index in [-0.39, 0.29) is 6.29 Å². The van der Waals surface area contributed by atoms with E-state index in [1.807, 2.05) is 38.1 Å². The van der Waals surface area contributed by atoms with Crippen LogP contribution in [0.5, 0.6) is 0 Å². The van der Waals surface area contributed by atoms with Crippen LogP contribution in [0.4, 0.5) is 0 Å². The van der Waals surface area contributed by atoms with E-state index in [2.05, 4.69) is 12.2 Å². The molecule has 19 heavy (non-hydrogen) atoms. The summed E-state index contributed by atoms with van der Waals surface area (Å²) in [5.74, 6) is 0. The molecule has 1 N–H and O–H groups in total. The quantitative estimate of drug-likeness (QED) is 0.701. The molecular weight excluding hydrogens is 262 g/mol. The topological polar surface area (TPSA) is 30.5 Å². The zero-order valence-electron chi connectivity index (χ0n) is 12.0. The molecule has 1 aromatic rings. The van der Waals surface area contributed by atoms with Gasteiger partial charge in [-0.15, -0.1) is 0 Å². The van der Waals surface area contributed by atoms with Crippen molar-refractivity contribution in [2.75, 3.05) is 19.8 Å². The van der Waals surface area contributed by atoms with Gasteiger partial charge in [0.1, 0.15) is 0 Å². The molecule has 0 amide bonds. The van der Waals surface area contributed by atoms with Gasteiger partial charge in [0.15, 0.2) is 6.29 Å². The van der Waals surface area contributed by atoms with E-state index in [0.717, 1.165) is 18.0 Å². The van der Waals surface area contributed by atoms with E-state index in [4.69, 9.17) is 21.1 Å². The number of nitrogens with one attached hydrogen (secondary N) is 1. The minimum atomic E-state index is -0.111. The number of hydrogen-bond donors (Lipinski definition) is 1. The maximum absolute atomic E-state index is 5.88. The lowest BCUT2D eigenvalue weighted by molar-refractivity contribution is -0.138. The zero-order valence-corrected chi connectivity index (χ0v) is 12.7. The number of hydrogen-bond acceptors (Lipinski definition) is 3. The Morgan fingerprint density at radius 3 is 2.21 bits per heavy atom. The molecule has 1 rings (SSSR count). The minimum absolute atomic E-state index is 0.111. The van der Waals surface area contributed by atoms with Crippen LogP contribution in [-0.4, -0.2) is 26.0 Å². The first-order valence-electron chi connectivity index (χ1n) is 6.89. The van der Waals surface area contributed by atoms with Crippen molar-refractivity contribution < 1.29 is 9.47 Å². The Bertz CT molecular complexity index is 337. The fraction of sp³-hybridized carbons (Fsp3) is 0.600. The molecule has 4 heteroatoms. The summed E-state index contributed by atoms with van der Waals surface area (Å²) in [5.41, 5.74) is 1.23. The summed E-state index contributed by atoms with van der Waals surface area (Å²) < 4.78 is 11.0. The molecular formula is C15H24ClNO2. The standard InChI is InChI=1S/C15H24ClNO2/c1-4-18-15(19-5-2)10-11-17-12(3)13-6-8-14(16)9-7-13/h6-9,12,15,17H,4-5,10-11H2,1-3H3/t12-/m0/s1. The first-order valence-corrected chi connectivity index (χ1v) is 7.27. The summed E-state index contributed by atoms with van der Waals surface area (Å²) in [7, 11) is 0. The molecule has 0 radical (unpaired) electrons. The lowest BCUT2D eigenvalue weighted by Gasteiger charge is -2.19. The van der Waals surface area contributed by atoms with E-state index in [1.165, 1.54) is 5.56 Å². The van der Waals surface area contributed by atoms with Crippen LogP contribution < -0.4 is 5.32 Å². The van der Waals surface area contributed by atoms with Gasteiger partial charge in [-0.3, -0.25) is 0 Å². The number of benzene rings is 1. The van der Waals surface area contributed by atoms with Crippen molar-refractivity contribution in [3.05, 3.63) is 34.9 Å². The van der Waals surface area contributed by atoms with E-state index < -0.39 is 0 Å². The van der Waals surface area contributed by atoms with Crippen LogP contribution in [0.2, 0.25) is 5.02 Å². The normalized spacial score (nSPS) is 12.9. The summed E-state index contributed by atoms with van der Waals surface area (Å²) in [6.07, 6.45) is 0.736. The van der Waals surface area contributed by atoms with Crippen molar-refractivity contribution >= 4 is 11.6 Å². The summed E-state index contributed by atoms with van der Waals surface area (Å²) >= 11 is 5.88. The Morgan fingerprint density at radius 2 is 1.68 bits per heavy atom. The van der Waals surface area contributed by atoms with Crippen LogP contribution in [0.3, 0.4) is 0 Å². The monoisotopic (exact) mass is 285 g/mol. The van der Waals surface area contributed by atoms with Crippen molar-refractivity contribution in [3.63, 3.8) is 0 Å². The van der Waals surface area contributed by atoms with Crippen LogP contribution in [-0.2, 0) is 9.47 Å². The summed E-state index contributed by atoms with van der Waals surface area (Å²) in [4.78, 5) is 0. The molecule has 1 atom stereocenters. The van der Waals surface area contributed by atoms with Gasteiger partial charge in [0.05, 0.1) is 0 Å². The van der Waals surface area contributed by atoms with Gasteiger partial charge in [-0.1, -0.05) is 23.7 Å². The third-order valence-electron chi connectivity index (χ3n) is 2.91. The lowest BCUT2D eigenvalue weighted by atomic mass is 10.1. The fourth-order valence-corrected chi connectivity index (χ4v) is 2.00. The second-order valence-electron chi connectivity index (χ2n) is 4.36. The third-order valence-corrected chi connectivity index (χ3v) is 3.16. The molecule has 0 aliphatic heterocycles. The van der Waals surface area contributed by atoms with Gasteiger partial charge in [0.2, 0.25) is 0 Å². The highest BCUT2D eigenvalue weighted by Crippen LogP contribution is 2.16. The predicted octanol–water partition coefficient (Wildman–Crippen LogP) is 3.78. The highest BCUT2D eigenvalue weighted by molar-refractivity contribution is 6.30. The van der Waals surface area contributed by atoms with Gasteiger partial charge < -0.3 is 14.8 Å². The molecule has 0 aromatic heterocycles. The van der Waals surface area contributed by atoms with Crippen molar-refractivity contribution in [2.45, 2.75) is 39.5 Å². The Labute approximate surface area is 121 Å². The van der Waals surface area contributed by atoms with Gasteiger partial charge in [0, 0.05) is 37.2 Å². The average Bonchev–Trinajstić information content (AvgIpc) is 2.40. The SMILES string of the molecule is CCOC(CCN[C@@H](C)c1ccc(Cl)cc1)OCC. The van der Waals surface area contributed by atoms with Gasteiger partial charge in [-0.2, -0.15) is 0 Å². The van der Waals surface area contributed by atoms with Gasteiger partial charge in [0.25, 0.3) is 0 Å². The van der Waals surface area contributed by atoms with Gasteiger partial charge >= 0.3 is 0 Å². The summed E-state index contributed by atoms with van der Waals surface area (Å²) in [6.45, 7) is 8.31. The predicted molar refractivity (Wildman–Crippen MR) is 79.5 cm³/mol. The van der Waals surface area contributed by atoms with Crippen molar-refractivity contribution in [3.8, 4) is 0 Å². The zero-order chi connectivity index (χ0) is 14.1. The summed E-state index contributed by atoms with van der Waals surface area (Å²) in [5, 5.41) is 4.23. The smallest absolute Gasteiger partial charge is 0.158 e. The Kier molecular flexibility index (Phi) is 8.07. The van der Waals surface area contributed by atoms with E-state index in [1.54, 1.807) is 0 Å². The highest BCUT2D eigenvalue weighted by Gasteiger charge is 2.09. The van der Waals surface area contributed by atoms with Gasteiger partial charge in [-0.05, 0) is 38.5 Å². The maximum atomic E-state index is 5.88. The number of ether oxygens (including phenoxy) is 2. The molecule has 108 valence electrons. The maximum Gasteiger partial charge on any atom is 0.158 e. The first kappa shape index (κ1) is 16.4. The summed E-state index contributed by atoms with van der Waals surface area (Å²) in [6, 6.07) is 8.21. The fourth-order valence-electron chi connectivity index (χ4n) is 1.87. The number of rotatable bonds is 9.